The van der Waals surface area contributed by atoms with Crippen molar-refractivity contribution in [3.63, 3.8) is 0 Å². The zero-order chi connectivity index (χ0) is 8.60. The van der Waals surface area contributed by atoms with Gasteiger partial charge in [-0.1, -0.05) is 24.3 Å². The van der Waals surface area contributed by atoms with Crippen LogP contribution in [0.5, 0.6) is 0 Å². The van der Waals surface area contributed by atoms with E-state index >= 15 is 0 Å². The van der Waals surface area contributed by atoms with Gasteiger partial charge in [-0.2, -0.15) is 0 Å². The molecule has 0 aliphatic heterocycles. The van der Waals surface area contributed by atoms with Gasteiger partial charge in [-0.25, -0.2) is 0 Å². The minimum absolute atomic E-state index is 0.0257. The molecule has 2 rings (SSSR count). The monoisotopic (exact) mass is 181 g/mol. The Kier molecular flexibility index (Phi) is 1.85. The van der Waals surface area contributed by atoms with E-state index in [9.17, 15) is 0 Å². The van der Waals surface area contributed by atoms with Crippen LogP contribution in [0.4, 0.5) is 0 Å². The minimum atomic E-state index is -0.0257. The molecule has 2 N–H and O–H groups in total. The maximum Gasteiger partial charge on any atom is 0.0474 e. The van der Waals surface area contributed by atoms with Crippen molar-refractivity contribution in [3.05, 3.63) is 35.4 Å². The highest BCUT2D eigenvalue weighted by molar-refractivity contribution is 6.17. The third kappa shape index (κ3) is 1.35. The average Bonchev–Trinajstić information content (AvgIpc) is 2.85. The fourth-order valence-electron chi connectivity index (χ4n) is 1.39. The van der Waals surface area contributed by atoms with E-state index in [-0.39, 0.29) is 5.54 Å². The number of hydrogen-bond acceptors (Lipinski definition) is 1. The van der Waals surface area contributed by atoms with Gasteiger partial charge < -0.3 is 5.73 Å². The quantitative estimate of drug-likeness (QED) is 0.697. The van der Waals surface area contributed by atoms with E-state index in [0.717, 1.165) is 18.4 Å². The lowest BCUT2D eigenvalue weighted by molar-refractivity contribution is 0.739. The zero-order valence-corrected chi connectivity index (χ0v) is 7.64. The number of halogens is 1. The Morgan fingerprint density at radius 2 is 2.17 bits per heavy atom. The van der Waals surface area contributed by atoms with Crippen LogP contribution in [0.3, 0.4) is 0 Å². The van der Waals surface area contributed by atoms with Gasteiger partial charge in [0, 0.05) is 11.4 Å². The van der Waals surface area contributed by atoms with E-state index in [1.807, 2.05) is 12.1 Å². The van der Waals surface area contributed by atoms with Crippen LogP contribution in [0.2, 0.25) is 0 Å². The van der Waals surface area contributed by atoms with Crippen LogP contribution in [-0.4, -0.2) is 0 Å². The zero-order valence-electron chi connectivity index (χ0n) is 6.89. The van der Waals surface area contributed by atoms with Gasteiger partial charge in [0.2, 0.25) is 0 Å². The van der Waals surface area contributed by atoms with E-state index in [4.69, 9.17) is 17.3 Å². The molecule has 64 valence electrons. The van der Waals surface area contributed by atoms with Crippen molar-refractivity contribution in [3.8, 4) is 0 Å². The van der Waals surface area contributed by atoms with Crippen LogP contribution in [0.1, 0.15) is 24.0 Å². The summed E-state index contributed by atoms with van der Waals surface area (Å²) >= 11 is 5.73. The van der Waals surface area contributed by atoms with Gasteiger partial charge >= 0.3 is 0 Å². The first-order valence-electron chi connectivity index (χ1n) is 4.19. The van der Waals surface area contributed by atoms with E-state index in [1.54, 1.807) is 0 Å². The van der Waals surface area contributed by atoms with Crippen LogP contribution in [0, 0.1) is 0 Å². The van der Waals surface area contributed by atoms with Gasteiger partial charge in [0.25, 0.3) is 0 Å². The van der Waals surface area contributed by atoms with Crippen LogP contribution < -0.4 is 5.73 Å². The van der Waals surface area contributed by atoms with Crippen molar-refractivity contribution in [2.75, 3.05) is 0 Å². The first-order chi connectivity index (χ1) is 5.74. The predicted molar refractivity (Wildman–Crippen MR) is 51.1 cm³/mol. The standard InChI is InChI=1S/C10H12ClN/c11-7-8-2-1-3-9(6-8)10(12)4-5-10/h1-3,6H,4-5,7,12H2. The number of hydrogen-bond donors (Lipinski definition) is 1. The smallest absolute Gasteiger partial charge is 0.0474 e. The molecule has 0 atom stereocenters. The van der Waals surface area contributed by atoms with Crippen LogP contribution in [0.15, 0.2) is 24.3 Å². The number of nitrogens with two attached hydrogens (primary N) is 1. The van der Waals surface area contributed by atoms with Crippen molar-refractivity contribution >= 4 is 11.6 Å². The fraction of sp³-hybridized carbons (Fsp3) is 0.400. The van der Waals surface area contributed by atoms with E-state index < -0.39 is 0 Å². The van der Waals surface area contributed by atoms with Gasteiger partial charge in [0.1, 0.15) is 0 Å². The molecule has 0 aromatic heterocycles. The lowest BCUT2D eigenvalue weighted by Crippen LogP contribution is -2.18. The molecule has 2 heteroatoms. The molecule has 1 aromatic rings. The molecule has 1 nitrogen and oxygen atoms in total. The Morgan fingerprint density at radius 3 is 2.75 bits per heavy atom. The molecule has 0 amide bonds. The number of rotatable bonds is 2. The molecule has 12 heavy (non-hydrogen) atoms. The van der Waals surface area contributed by atoms with Gasteiger partial charge in [0.15, 0.2) is 0 Å². The highest BCUT2D eigenvalue weighted by atomic mass is 35.5. The summed E-state index contributed by atoms with van der Waals surface area (Å²) in [6.45, 7) is 0. The molecule has 0 unspecified atom stereocenters. The SMILES string of the molecule is NC1(c2cccc(CCl)c2)CC1. The van der Waals surface area contributed by atoms with Gasteiger partial charge in [-0.3, -0.25) is 0 Å². The lowest BCUT2D eigenvalue weighted by Gasteiger charge is -2.09. The molecule has 1 fully saturated rings. The van der Waals surface area contributed by atoms with Crippen molar-refractivity contribution in [2.24, 2.45) is 5.73 Å². The largest absolute Gasteiger partial charge is 0.321 e. The molecule has 0 bridgehead atoms. The van der Waals surface area contributed by atoms with E-state index in [2.05, 4.69) is 12.1 Å². The third-order valence-corrected chi connectivity index (χ3v) is 2.75. The third-order valence-electron chi connectivity index (χ3n) is 2.44. The first kappa shape index (κ1) is 8.09. The second-order valence-corrected chi connectivity index (χ2v) is 3.76. The van der Waals surface area contributed by atoms with Crippen molar-refractivity contribution < 1.29 is 0 Å². The summed E-state index contributed by atoms with van der Waals surface area (Å²) in [4.78, 5) is 0. The predicted octanol–water partition coefficient (Wildman–Crippen LogP) is 2.37. The Balaban J connectivity index is 2.32. The van der Waals surface area contributed by atoms with Crippen LogP contribution in [0.25, 0.3) is 0 Å². The summed E-state index contributed by atoms with van der Waals surface area (Å²) in [5.41, 5.74) is 8.42. The van der Waals surface area contributed by atoms with Gasteiger partial charge in [-0.05, 0) is 24.0 Å². The molecule has 0 radical (unpaired) electrons. The maximum absolute atomic E-state index is 6.05. The maximum atomic E-state index is 6.05. The van der Waals surface area contributed by atoms with Gasteiger partial charge in [0.05, 0.1) is 0 Å². The Bertz CT molecular complexity index is 292. The summed E-state index contributed by atoms with van der Waals surface area (Å²) < 4.78 is 0. The minimum Gasteiger partial charge on any atom is -0.321 e. The van der Waals surface area contributed by atoms with Crippen LogP contribution in [-0.2, 0) is 11.4 Å². The summed E-state index contributed by atoms with van der Waals surface area (Å²) in [5.74, 6) is 0.573. The fourth-order valence-corrected chi connectivity index (χ4v) is 1.55. The second kappa shape index (κ2) is 2.75. The first-order valence-corrected chi connectivity index (χ1v) is 4.72. The number of benzene rings is 1. The Labute approximate surface area is 77.5 Å². The molecular formula is C10H12ClN. The molecule has 0 heterocycles. The van der Waals surface area contributed by atoms with E-state index in [1.165, 1.54) is 5.56 Å². The lowest BCUT2D eigenvalue weighted by atomic mass is 10.0. The summed E-state index contributed by atoms with van der Waals surface area (Å²) in [7, 11) is 0. The topological polar surface area (TPSA) is 26.0 Å². The average molecular weight is 182 g/mol. The van der Waals surface area contributed by atoms with Crippen LogP contribution >= 0.6 is 11.6 Å². The molecular weight excluding hydrogens is 170 g/mol. The molecule has 1 saturated carbocycles. The molecule has 0 spiro atoms. The van der Waals surface area contributed by atoms with Crippen molar-refractivity contribution in [1.29, 1.82) is 0 Å². The normalized spacial score (nSPS) is 19.2. The van der Waals surface area contributed by atoms with Crippen molar-refractivity contribution in [2.45, 2.75) is 24.3 Å². The number of alkyl halides is 1. The molecule has 1 aromatic carbocycles. The highest BCUT2D eigenvalue weighted by Gasteiger charge is 2.39. The highest BCUT2D eigenvalue weighted by Crippen LogP contribution is 2.42. The Hall–Kier alpha value is -0.530. The molecule has 1 aliphatic rings. The molecule has 0 saturated heterocycles. The van der Waals surface area contributed by atoms with Crippen molar-refractivity contribution in [1.82, 2.24) is 0 Å². The second-order valence-electron chi connectivity index (χ2n) is 3.49. The summed E-state index contributed by atoms with van der Waals surface area (Å²) in [6.07, 6.45) is 2.22. The van der Waals surface area contributed by atoms with E-state index in [0.29, 0.717) is 5.88 Å². The molecule has 1 aliphatic carbocycles. The summed E-state index contributed by atoms with van der Waals surface area (Å²) in [5, 5.41) is 0. The Morgan fingerprint density at radius 1 is 1.42 bits per heavy atom. The van der Waals surface area contributed by atoms with Gasteiger partial charge in [-0.15, -0.1) is 11.6 Å². The summed E-state index contributed by atoms with van der Waals surface area (Å²) in [6, 6.07) is 8.26.